The van der Waals surface area contributed by atoms with E-state index < -0.39 is 0 Å². The molecule has 0 N–H and O–H groups in total. The van der Waals surface area contributed by atoms with Crippen molar-refractivity contribution < 1.29 is 40.1 Å². The number of fused-ring (bicyclic) bond motifs is 1. The Morgan fingerprint density at radius 3 is 1.85 bits per heavy atom. The Labute approximate surface area is 289 Å². The van der Waals surface area contributed by atoms with Gasteiger partial charge in [-0.3, -0.25) is 4.79 Å². The molecule has 0 fully saturated rings. The first-order valence-corrected chi connectivity index (χ1v) is 16.3. The Kier molecular flexibility index (Phi) is 13.5. The van der Waals surface area contributed by atoms with Gasteiger partial charge in [0.15, 0.2) is 17.3 Å². The first kappa shape index (κ1) is 35.8. The number of hydrogen-bond donors (Lipinski definition) is 0. The van der Waals surface area contributed by atoms with E-state index in [1.807, 2.05) is 97.1 Å². The van der Waals surface area contributed by atoms with Crippen LogP contribution >= 0.6 is 0 Å². The molecule has 0 aliphatic carbocycles. The SMILES string of the molecule is C[N+](C)(C)CCCCCCCCOc1c(-c2ccc(OCc3ccccc3)c(OCc3ccccc3)c2)oc2ccccc2c1=O.[Br-]. The molecule has 0 radical (unpaired) electrons. The van der Waals surface area contributed by atoms with Crippen molar-refractivity contribution in [2.24, 2.45) is 0 Å². The molecular weight excluding hydrogens is 654 g/mol. The molecule has 7 heteroatoms. The lowest BCUT2D eigenvalue weighted by atomic mass is 10.1. The van der Waals surface area contributed by atoms with E-state index in [1.165, 1.54) is 25.8 Å². The highest BCUT2D eigenvalue weighted by Crippen LogP contribution is 2.38. The van der Waals surface area contributed by atoms with Gasteiger partial charge in [0.1, 0.15) is 18.8 Å². The predicted octanol–water partition coefficient (Wildman–Crippen LogP) is 6.05. The van der Waals surface area contributed by atoms with Crippen molar-refractivity contribution in [3.8, 4) is 28.6 Å². The van der Waals surface area contributed by atoms with Crippen LogP contribution in [0.4, 0.5) is 0 Å². The minimum absolute atomic E-state index is 0. The Morgan fingerprint density at radius 2 is 1.19 bits per heavy atom. The van der Waals surface area contributed by atoms with E-state index in [2.05, 4.69) is 21.1 Å². The van der Waals surface area contributed by atoms with Crippen LogP contribution in [0.2, 0.25) is 0 Å². The fraction of sp³-hybridized carbons (Fsp3) is 0.325. The summed E-state index contributed by atoms with van der Waals surface area (Å²) in [5.74, 6) is 1.79. The van der Waals surface area contributed by atoms with Gasteiger partial charge in [-0.1, -0.05) is 92.1 Å². The zero-order valence-electron chi connectivity index (χ0n) is 27.8. The van der Waals surface area contributed by atoms with Gasteiger partial charge in [0, 0.05) is 5.56 Å². The first-order chi connectivity index (χ1) is 22.4. The van der Waals surface area contributed by atoms with Crippen LogP contribution in [0.25, 0.3) is 22.3 Å². The molecule has 0 spiro atoms. The maximum absolute atomic E-state index is 13.7. The van der Waals surface area contributed by atoms with Gasteiger partial charge >= 0.3 is 0 Å². The number of halogens is 1. The van der Waals surface area contributed by atoms with Crippen LogP contribution in [-0.4, -0.2) is 38.8 Å². The lowest BCUT2D eigenvalue weighted by molar-refractivity contribution is -0.870. The minimum atomic E-state index is -0.173. The third-order valence-electron chi connectivity index (χ3n) is 7.91. The maximum atomic E-state index is 13.7. The monoisotopic (exact) mass is 699 g/mol. The van der Waals surface area contributed by atoms with Gasteiger partial charge in [-0.2, -0.15) is 0 Å². The van der Waals surface area contributed by atoms with Crippen molar-refractivity contribution in [2.45, 2.75) is 51.7 Å². The number of ether oxygens (including phenoxy) is 3. The average molecular weight is 701 g/mol. The Morgan fingerprint density at radius 1 is 0.617 bits per heavy atom. The van der Waals surface area contributed by atoms with E-state index in [1.54, 1.807) is 6.07 Å². The van der Waals surface area contributed by atoms with Crippen LogP contribution in [-0.2, 0) is 13.2 Å². The average Bonchev–Trinajstić information content (AvgIpc) is 3.07. The molecule has 0 aliphatic rings. The van der Waals surface area contributed by atoms with Crippen LogP contribution in [0.3, 0.4) is 0 Å². The van der Waals surface area contributed by atoms with E-state index in [0.717, 1.165) is 34.9 Å². The van der Waals surface area contributed by atoms with Gasteiger partial charge in [-0.25, -0.2) is 0 Å². The molecule has 6 nitrogen and oxygen atoms in total. The number of unbranched alkanes of at least 4 members (excludes halogenated alkanes) is 5. The smallest absolute Gasteiger partial charge is 0.235 e. The number of quaternary nitrogens is 1. The third-order valence-corrected chi connectivity index (χ3v) is 7.91. The van der Waals surface area contributed by atoms with Crippen molar-refractivity contribution in [2.75, 3.05) is 34.3 Å². The quantitative estimate of drug-likeness (QED) is 0.0875. The molecule has 0 atom stereocenters. The highest BCUT2D eigenvalue weighted by Gasteiger charge is 2.20. The second-order valence-corrected chi connectivity index (χ2v) is 12.8. The Hall–Kier alpha value is -4.07. The van der Waals surface area contributed by atoms with E-state index in [-0.39, 0.29) is 28.2 Å². The van der Waals surface area contributed by atoms with E-state index in [9.17, 15) is 4.79 Å². The summed E-state index contributed by atoms with van der Waals surface area (Å²) < 4.78 is 26.1. The Balaban J connectivity index is 0.00000500. The highest BCUT2D eigenvalue weighted by atomic mass is 79.9. The van der Waals surface area contributed by atoms with Gasteiger partial charge in [0.2, 0.25) is 11.2 Å². The zero-order chi connectivity index (χ0) is 32.2. The minimum Gasteiger partial charge on any atom is -1.00 e. The van der Waals surface area contributed by atoms with E-state index >= 15 is 0 Å². The molecule has 1 heterocycles. The molecule has 0 unspecified atom stereocenters. The maximum Gasteiger partial charge on any atom is 0.235 e. The fourth-order valence-corrected chi connectivity index (χ4v) is 5.37. The number of nitrogens with zero attached hydrogens (tertiary/aromatic N) is 1. The highest BCUT2D eigenvalue weighted by molar-refractivity contribution is 5.82. The summed E-state index contributed by atoms with van der Waals surface area (Å²) in [4.78, 5) is 13.7. The predicted molar refractivity (Wildman–Crippen MR) is 186 cm³/mol. The zero-order valence-corrected chi connectivity index (χ0v) is 29.3. The molecule has 0 aliphatic heterocycles. The third kappa shape index (κ3) is 10.7. The molecule has 47 heavy (non-hydrogen) atoms. The number of rotatable bonds is 17. The van der Waals surface area contributed by atoms with E-state index in [4.69, 9.17) is 18.6 Å². The second kappa shape index (κ2) is 17.7. The molecule has 1 aromatic heterocycles. The standard InChI is InChI=1S/C40H46NO5.BrH/c1-41(2,3)26-16-6-4-5-7-17-27-43-40-38(42)34-22-14-15-23-35(34)46-39(40)33-24-25-36(44-29-31-18-10-8-11-19-31)37(28-33)45-30-32-20-12-9-13-21-32;/h8-15,18-25,28H,4-7,16-17,26-27,29-30H2,1-3H3;1H/q+1;/p-1. The largest absolute Gasteiger partial charge is 1.00 e. The summed E-state index contributed by atoms with van der Waals surface area (Å²) in [6.45, 7) is 2.41. The van der Waals surface area contributed by atoms with Gasteiger partial charge in [-0.15, -0.1) is 0 Å². The summed E-state index contributed by atoms with van der Waals surface area (Å²) in [6, 6.07) is 33.0. The molecule has 0 bridgehead atoms. The van der Waals surface area contributed by atoms with Crippen molar-refractivity contribution in [1.29, 1.82) is 0 Å². The van der Waals surface area contributed by atoms with Gasteiger partial charge in [0.25, 0.3) is 0 Å². The number of para-hydroxylation sites is 1. The molecule has 0 amide bonds. The van der Waals surface area contributed by atoms with Crippen molar-refractivity contribution in [3.63, 3.8) is 0 Å². The second-order valence-electron chi connectivity index (χ2n) is 12.8. The van der Waals surface area contributed by atoms with Crippen LogP contribution in [0, 0.1) is 0 Å². The van der Waals surface area contributed by atoms with Crippen LogP contribution in [0.15, 0.2) is 112 Å². The summed E-state index contributed by atoms with van der Waals surface area (Å²) in [5.41, 5.74) is 3.12. The topological polar surface area (TPSA) is 57.9 Å². The molecule has 5 aromatic rings. The summed E-state index contributed by atoms with van der Waals surface area (Å²) in [5, 5.41) is 0.502. The lowest BCUT2D eigenvalue weighted by Crippen LogP contribution is -3.00. The molecule has 5 rings (SSSR count). The lowest BCUT2D eigenvalue weighted by Gasteiger charge is -2.23. The molecular formula is C40H46BrNO5. The van der Waals surface area contributed by atoms with Crippen LogP contribution < -0.4 is 36.6 Å². The Bertz CT molecular complexity index is 1730. The van der Waals surface area contributed by atoms with Crippen molar-refractivity contribution in [3.05, 3.63) is 124 Å². The molecule has 4 aromatic carbocycles. The summed E-state index contributed by atoms with van der Waals surface area (Å²) >= 11 is 0. The van der Waals surface area contributed by atoms with Crippen LogP contribution in [0.1, 0.15) is 49.7 Å². The van der Waals surface area contributed by atoms with Crippen LogP contribution in [0.5, 0.6) is 17.2 Å². The fourth-order valence-electron chi connectivity index (χ4n) is 5.37. The molecule has 0 saturated heterocycles. The number of benzene rings is 4. The normalized spacial score (nSPS) is 11.2. The molecule has 0 saturated carbocycles. The molecule has 248 valence electrons. The van der Waals surface area contributed by atoms with Gasteiger partial charge in [0.05, 0.1) is 39.7 Å². The summed E-state index contributed by atoms with van der Waals surface area (Å²) in [6.07, 6.45) is 6.80. The van der Waals surface area contributed by atoms with E-state index in [0.29, 0.717) is 53.6 Å². The number of hydrogen-bond acceptors (Lipinski definition) is 5. The first-order valence-electron chi connectivity index (χ1n) is 16.3. The van der Waals surface area contributed by atoms with Gasteiger partial charge in [-0.05, 0) is 60.7 Å². The van der Waals surface area contributed by atoms with Gasteiger partial charge < -0.3 is 40.1 Å². The van der Waals surface area contributed by atoms with Crippen molar-refractivity contribution >= 4 is 11.0 Å². The summed E-state index contributed by atoms with van der Waals surface area (Å²) in [7, 11) is 6.71. The van der Waals surface area contributed by atoms with Crippen molar-refractivity contribution in [1.82, 2.24) is 0 Å².